The Morgan fingerprint density at radius 1 is 1.00 bits per heavy atom. The van der Waals surface area contributed by atoms with Crippen molar-refractivity contribution in [3.63, 3.8) is 0 Å². The van der Waals surface area contributed by atoms with Gasteiger partial charge in [0.25, 0.3) is 0 Å². The third kappa shape index (κ3) is 3.28. The molecule has 2 heterocycles. The van der Waals surface area contributed by atoms with Crippen molar-refractivity contribution in [2.24, 2.45) is 5.92 Å². The van der Waals surface area contributed by atoms with Gasteiger partial charge in [0.1, 0.15) is 0 Å². The molecule has 104 valence electrons. The number of aromatic nitrogens is 2. The van der Waals surface area contributed by atoms with Gasteiger partial charge in [0.2, 0.25) is 0 Å². The van der Waals surface area contributed by atoms with Crippen LogP contribution in [0.25, 0.3) is 0 Å². The molecule has 0 radical (unpaired) electrons. The highest BCUT2D eigenvalue weighted by Crippen LogP contribution is 2.24. The summed E-state index contributed by atoms with van der Waals surface area (Å²) in [5.41, 5.74) is 1.44. The van der Waals surface area contributed by atoms with Crippen LogP contribution in [0.3, 0.4) is 0 Å². The molecule has 0 aliphatic carbocycles. The number of hydrogen-bond donors (Lipinski definition) is 0. The molecule has 1 aromatic carbocycles. The second-order valence-electron chi connectivity index (χ2n) is 5.33. The summed E-state index contributed by atoms with van der Waals surface area (Å²) in [6.45, 7) is 2.10. The molecule has 0 spiro atoms. The Hall–Kier alpha value is -1.61. The van der Waals surface area contributed by atoms with Gasteiger partial charge in [-0.05, 0) is 42.9 Å². The van der Waals surface area contributed by atoms with Crippen LogP contribution < -0.4 is 4.90 Å². The zero-order valence-corrected chi connectivity index (χ0v) is 12.1. The van der Waals surface area contributed by atoms with Crippen molar-refractivity contribution in [1.82, 2.24) is 10.2 Å². The molecule has 0 amide bonds. The number of nitrogens with zero attached hydrogens (tertiary/aromatic N) is 3. The van der Waals surface area contributed by atoms with E-state index in [1.165, 1.54) is 24.8 Å². The van der Waals surface area contributed by atoms with Crippen LogP contribution in [0, 0.1) is 5.92 Å². The molecule has 0 N–H and O–H groups in total. The predicted octanol–water partition coefficient (Wildman–Crippen LogP) is 3.59. The molecule has 1 aromatic heterocycles. The fourth-order valence-corrected chi connectivity index (χ4v) is 2.89. The lowest BCUT2D eigenvalue weighted by molar-refractivity contribution is 0.402. The SMILES string of the molecule is Clc1ccc(N2CCC(Cc3ccccc3)CC2)nn1. The van der Waals surface area contributed by atoms with Gasteiger partial charge >= 0.3 is 0 Å². The summed E-state index contributed by atoms with van der Waals surface area (Å²) in [6, 6.07) is 14.5. The van der Waals surface area contributed by atoms with Gasteiger partial charge in [-0.1, -0.05) is 41.9 Å². The molecular formula is C16H18ClN3. The van der Waals surface area contributed by atoms with Crippen LogP contribution in [0.5, 0.6) is 0 Å². The molecule has 0 saturated carbocycles. The lowest BCUT2D eigenvalue weighted by atomic mass is 9.90. The third-order valence-electron chi connectivity index (χ3n) is 3.92. The van der Waals surface area contributed by atoms with Crippen LogP contribution in [-0.4, -0.2) is 23.3 Å². The van der Waals surface area contributed by atoms with E-state index in [9.17, 15) is 0 Å². The zero-order chi connectivity index (χ0) is 13.8. The molecule has 0 atom stereocenters. The summed E-state index contributed by atoms with van der Waals surface area (Å²) in [6.07, 6.45) is 3.60. The van der Waals surface area contributed by atoms with E-state index in [4.69, 9.17) is 11.6 Å². The van der Waals surface area contributed by atoms with Crippen LogP contribution in [0.1, 0.15) is 18.4 Å². The Labute approximate surface area is 124 Å². The second-order valence-corrected chi connectivity index (χ2v) is 5.72. The van der Waals surface area contributed by atoms with Crippen molar-refractivity contribution in [2.75, 3.05) is 18.0 Å². The van der Waals surface area contributed by atoms with Crippen LogP contribution in [0.2, 0.25) is 5.15 Å². The lowest BCUT2D eigenvalue weighted by Gasteiger charge is -2.32. The Bertz CT molecular complexity index is 533. The Kier molecular flexibility index (Phi) is 4.16. The third-order valence-corrected chi connectivity index (χ3v) is 4.13. The van der Waals surface area contributed by atoms with Crippen molar-refractivity contribution in [1.29, 1.82) is 0 Å². The Balaban J connectivity index is 1.55. The molecule has 1 saturated heterocycles. The highest BCUT2D eigenvalue weighted by molar-refractivity contribution is 6.29. The van der Waals surface area contributed by atoms with Gasteiger partial charge in [-0.2, -0.15) is 0 Å². The summed E-state index contributed by atoms with van der Waals surface area (Å²) in [7, 11) is 0. The quantitative estimate of drug-likeness (QED) is 0.864. The van der Waals surface area contributed by atoms with Crippen molar-refractivity contribution in [2.45, 2.75) is 19.3 Å². The summed E-state index contributed by atoms with van der Waals surface area (Å²) >= 11 is 5.77. The molecule has 4 heteroatoms. The molecule has 0 unspecified atom stereocenters. The van der Waals surface area contributed by atoms with Crippen molar-refractivity contribution in [3.05, 3.63) is 53.2 Å². The molecular weight excluding hydrogens is 270 g/mol. The van der Waals surface area contributed by atoms with Gasteiger partial charge in [-0.25, -0.2) is 0 Å². The summed E-state index contributed by atoms with van der Waals surface area (Å²) in [5, 5.41) is 8.52. The maximum absolute atomic E-state index is 5.77. The Morgan fingerprint density at radius 3 is 2.40 bits per heavy atom. The van der Waals surface area contributed by atoms with Crippen molar-refractivity contribution < 1.29 is 0 Å². The van der Waals surface area contributed by atoms with Gasteiger partial charge in [0.05, 0.1) is 0 Å². The summed E-state index contributed by atoms with van der Waals surface area (Å²) in [4.78, 5) is 2.30. The van der Waals surface area contributed by atoms with E-state index < -0.39 is 0 Å². The lowest BCUT2D eigenvalue weighted by Crippen LogP contribution is -2.34. The minimum Gasteiger partial charge on any atom is -0.355 e. The summed E-state index contributed by atoms with van der Waals surface area (Å²) < 4.78 is 0. The van der Waals surface area contributed by atoms with E-state index in [1.807, 2.05) is 6.07 Å². The van der Waals surface area contributed by atoms with E-state index in [1.54, 1.807) is 6.07 Å². The largest absolute Gasteiger partial charge is 0.355 e. The first-order chi connectivity index (χ1) is 9.81. The van der Waals surface area contributed by atoms with E-state index in [-0.39, 0.29) is 0 Å². The second kappa shape index (κ2) is 6.23. The first kappa shape index (κ1) is 13.4. The molecule has 2 aromatic rings. The average molecular weight is 288 g/mol. The van der Waals surface area contributed by atoms with E-state index in [0.717, 1.165) is 24.8 Å². The topological polar surface area (TPSA) is 29.0 Å². The van der Waals surface area contributed by atoms with Crippen LogP contribution in [0.15, 0.2) is 42.5 Å². The van der Waals surface area contributed by atoms with Crippen molar-refractivity contribution in [3.8, 4) is 0 Å². The maximum atomic E-state index is 5.77. The molecule has 3 rings (SSSR count). The molecule has 1 aliphatic rings. The monoisotopic (exact) mass is 287 g/mol. The highest BCUT2D eigenvalue weighted by atomic mass is 35.5. The van der Waals surface area contributed by atoms with E-state index in [2.05, 4.69) is 45.4 Å². The Morgan fingerprint density at radius 2 is 1.75 bits per heavy atom. The number of benzene rings is 1. The molecule has 1 aliphatic heterocycles. The first-order valence-electron chi connectivity index (χ1n) is 7.09. The highest BCUT2D eigenvalue weighted by Gasteiger charge is 2.20. The van der Waals surface area contributed by atoms with E-state index >= 15 is 0 Å². The van der Waals surface area contributed by atoms with Gasteiger partial charge in [0.15, 0.2) is 11.0 Å². The summed E-state index contributed by atoms with van der Waals surface area (Å²) in [5.74, 6) is 1.71. The fourth-order valence-electron chi connectivity index (χ4n) is 2.79. The normalized spacial score (nSPS) is 16.4. The van der Waals surface area contributed by atoms with Crippen LogP contribution >= 0.6 is 11.6 Å². The van der Waals surface area contributed by atoms with Crippen molar-refractivity contribution >= 4 is 17.4 Å². The number of hydrogen-bond acceptors (Lipinski definition) is 3. The maximum Gasteiger partial charge on any atom is 0.151 e. The number of halogens is 1. The smallest absolute Gasteiger partial charge is 0.151 e. The van der Waals surface area contributed by atoms with Gasteiger partial charge in [0, 0.05) is 13.1 Å². The van der Waals surface area contributed by atoms with Crippen LogP contribution in [-0.2, 0) is 6.42 Å². The minimum absolute atomic E-state index is 0.452. The number of piperidine rings is 1. The molecule has 0 bridgehead atoms. The number of anilines is 1. The van der Waals surface area contributed by atoms with E-state index in [0.29, 0.717) is 5.15 Å². The number of rotatable bonds is 3. The van der Waals surface area contributed by atoms with Gasteiger partial charge < -0.3 is 4.90 Å². The first-order valence-corrected chi connectivity index (χ1v) is 7.47. The molecule has 3 nitrogen and oxygen atoms in total. The van der Waals surface area contributed by atoms with Gasteiger partial charge in [-0.3, -0.25) is 0 Å². The predicted molar refractivity (Wildman–Crippen MR) is 82.1 cm³/mol. The van der Waals surface area contributed by atoms with Gasteiger partial charge in [-0.15, -0.1) is 10.2 Å². The fraction of sp³-hybridized carbons (Fsp3) is 0.375. The molecule has 1 fully saturated rings. The zero-order valence-electron chi connectivity index (χ0n) is 11.4. The molecule has 20 heavy (non-hydrogen) atoms. The van der Waals surface area contributed by atoms with Crippen LogP contribution in [0.4, 0.5) is 5.82 Å². The standard InChI is InChI=1S/C16H18ClN3/c17-15-6-7-16(19-18-15)20-10-8-14(9-11-20)12-13-4-2-1-3-5-13/h1-7,14H,8-12H2. The average Bonchev–Trinajstić information content (AvgIpc) is 2.50. The minimum atomic E-state index is 0.452.